The standard InChI is InChI=1S/C13H22N4O2S2/c1-4-10(14)9-11-12(15-13-17(11)5-7-20-13)16(2)6-8-21(3,18)19/h5,7,10H,4,6,8-9,14H2,1-3H3. The van der Waals surface area contributed by atoms with Gasteiger partial charge < -0.3 is 10.6 Å². The Morgan fingerprint density at radius 3 is 2.86 bits per heavy atom. The third-order valence-electron chi connectivity index (χ3n) is 3.48. The van der Waals surface area contributed by atoms with Crippen LogP contribution in [-0.4, -0.2) is 49.4 Å². The predicted molar refractivity (Wildman–Crippen MR) is 88.0 cm³/mol. The molecular formula is C13H22N4O2S2. The molecule has 0 saturated heterocycles. The van der Waals surface area contributed by atoms with E-state index >= 15 is 0 Å². The van der Waals surface area contributed by atoms with Crippen LogP contribution in [0.3, 0.4) is 0 Å². The lowest BCUT2D eigenvalue weighted by Crippen LogP contribution is -2.28. The van der Waals surface area contributed by atoms with Gasteiger partial charge in [-0.25, -0.2) is 13.4 Å². The van der Waals surface area contributed by atoms with Crippen LogP contribution in [0.1, 0.15) is 19.0 Å². The van der Waals surface area contributed by atoms with E-state index in [-0.39, 0.29) is 11.8 Å². The second-order valence-corrected chi connectivity index (χ2v) is 8.49. The third kappa shape index (κ3) is 3.96. The molecule has 6 nitrogen and oxygen atoms in total. The van der Waals surface area contributed by atoms with Crippen LogP contribution in [0.5, 0.6) is 0 Å². The van der Waals surface area contributed by atoms with Gasteiger partial charge in [0.25, 0.3) is 0 Å². The molecule has 118 valence electrons. The average Bonchev–Trinajstić information content (AvgIpc) is 2.97. The highest BCUT2D eigenvalue weighted by molar-refractivity contribution is 7.90. The predicted octanol–water partition coefficient (Wildman–Crippen LogP) is 1.16. The monoisotopic (exact) mass is 330 g/mol. The third-order valence-corrected chi connectivity index (χ3v) is 5.16. The summed E-state index contributed by atoms with van der Waals surface area (Å²) < 4.78 is 24.7. The first-order chi connectivity index (χ1) is 9.81. The van der Waals surface area contributed by atoms with Crippen LogP contribution in [0.15, 0.2) is 11.6 Å². The molecule has 0 fully saturated rings. The summed E-state index contributed by atoms with van der Waals surface area (Å²) in [5, 5.41) is 1.99. The van der Waals surface area contributed by atoms with E-state index in [1.54, 1.807) is 11.3 Å². The van der Waals surface area contributed by atoms with Crippen molar-refractivity contribution < 1.29 is 8.42 Å². The number of thiazole rings is 1. The number of rotatable bonds is 7. The van der Waals surface area contributed by atoms with Crippen molar-refractivity contribution in [2.24, 2.45) is 5.73 Å². The Morgan fingerprint density at radius 2 is 2.24 bits per heavy atom. The van der Waals surface area contributed by atoms with Crippen LogP contribution in [0.4, 0.5) is 5.82 Å². The summed E-state index contributed by atoms with van der Waals surface area (Å²) in [6.07, 6.45) is 4.86. The van der Waals surface area contributed by atoms with E-state index in [1.807, 2.05) is 27.9 Å². The minimum Gasteiger partial charge on any atom is -0.357 e. The summed E-state index contributed by atoms with van der Waals surface area (Å²) in [6, 6.07) is 0.0758. The Labute approximate surface area is 129 Å². The number of fused-ring (bicyclic) bond motifs is 1. The Hall–Kier alpha value is -1.12. The van der Waals surface area contributed by atoms with Gasteiger partial charge in [0.05, 0.1) is 11.4 Å². The van der Waals surface area contributed by atoms with E-state index in [9.17, 15) is 8.42 Å². The summed E-state index contributed by atoms with van der Waals surface area (Å²) in [7, 11) is -1.11. The van der Waals surface area contributed by atoms with E-state index in [0.29, 0.717) is 6.54 Å². The lowest BCUT2D eigenvalue weighted by molar-refractivity contribution is 0.600. The molecule has 0 spiro atoms. The molecule has 0 aromatic carbocycles. The van der Waals surface area contributed by atoms with E-state index in [4.69, 9.17) is 5.73 Å². The molecule has 8 heteroatoms. The van der Waals surface area contributed by atoms with Crippen molar-refractivity contribution in [2.45, 2.75) is 25.8 Å². The zero-order valence-corrected chi connectivity index (χ0v) is 14.2. The molecule has 2 aromatic rings. The van der Waals surface area contributed by atoms with Gasteiger partial charge in [0.2, 0.25) is 0 Å². The fourth-order valence-corrected chi connectivity index (χ4v) is 3.45. The molecule has 2 N–H and O–H groups in total. The van der Waals surface area contributed by atoms with Crippen LogP contribution in [0.25, 0.3) is 4.96 Å². The number of anilines is 1. The minimum atomic E-state index is -2.98. The normalized spacial score (nSPS) is 13.7. The van der Waals surface area contributed by atoms with Gasteiger partial charge in [0, 0.05) is 43.9 Å². The minimum absolute atomic E-state index is 0.0758. The average molecular weight is 330 g/mol. The molecule has 0 aliphatic carbocycles. The van der Waals surface area contributed by atoms with Crippen molar-refractivity contribution in [3.8, 4) is 0 Å². The summed E-state index contributed by atoms with van der Waals surface area (Å²) in [4.78, 5) is 7.43. The highest BCUT2D eigenvalue weighted by Gasteiger charge is 2.19. The first-order valence-electron chi connectivity index (χ1n) is 6.90. The Bertz CT molecular complexity index is 705. The van der Waals surface area contributed by atoms with E-state index in [1.165, 1.54) is 6.26 Å². The summed E-state index contributed by atoms with van der Waals surface area (Å²) in [5.41, 5.74) is 7.14. The van der Waals surface area contributed by atoms with Gasteiger partial charge in [-0.2, -0.15) is 0 Å². The van der Waals surface area contributed by atoms with Gasteiger partial charge >= 0.3 is 0 Å². The number of nitrogens with zero attached hydrogens (tertiary/aromatic N) is 3. The van der Waals surface area contributed by atoms with Crippen LogP contribution >= 0.6 is 11.3 Å². The number of hydrogen-bond acceptors (Lipinski definition) is 6. The van der Waals surface area contributed by atoms with Crippen LogP contribution < -0.4 is 10.6 Å². The molecule has 0 radical (unpaired) electrons. The number of imidazole rings is 1. The van der Waals surface area contributed by atoms with Crippen molar-refractivity contribution >= 4 is 32.0 Å². The molecule has 1 atom stereocenters. The van der Waals surface area contributed by atoms with Gasteiger partial charge in [-0.15, -0.1) is 11.3 Å². The summed E-state index contributed by atoms with van der Waals surface area (Å²) in [5.74, 6) is 0.947. The highest BCUT2D eigenvalue weighted by Crippen LogP contribution is 2.25. The highest BCUT2D eigenvalue weighted by atomic mass is 32.2. The van der Waals surface area contributed by atoms with Crippen molar-refractivity contribution in [2.75, 3.05) is 30.5 Å². The van der Waals surface area contributed by atoms with Gasteiger partial charge in [-0.05, 0) is 6.42 Å². The number of nitrogens with two attached hydrogens (primary N) is 1. The van der Waals surface area contributed by atoms with Crippen molar-refractivity contribution in [3.05, 3.63) is 17.3 Å². The molecule has 0 saturated carbocycles. The fourth-order valence-electron chi connectivity index (χ4n) is 2.12. The Kier molecular flexibility index (Phi) is 4.90. The van der Waals surface area contributed by atoms with Crippen molar-refractivity contribution in [3.63, 3.8) is 0 Å². The van der Waals surface area contributed by atoms with Gasteiger partial charge in [-0.1, -0.05) is 6.92 Å². The van der Waals surface area contributed by atoms with Crippen molar-refractivity contribution in [1.82, 2.24) is 9.38 Å². The lowest BCUT2D eigenvalue weighted by atomic mass is 10.1. The molecule has 2 rings (SSSR count). The number of hydrogen-bond donors (Lipinski definition) is 1. The maximum atomic E-state index is 11.3. The molecule has 2 heterocycles. The van der Waals surface area contributed by atoms with Crippen LogP contribution in [0.2, 0.25) is 0 Å². The first-order valence-corrected chi connectivity index (χ1v) is 9.84. The Morgan fingerprint density at radius 1 is 1.52 bits per heavy atom. The maximum Gasteiger partial charge on any atom is 0.195 e. The van der Waals surface area contributed by atoms with E-state index < -0.39 is 9.84 Å². The molecule has 0 aliphatic heterocycles. The molecular weight excluding hydrogens is 308 g/mol. The molecule has 0 bridgehead atoms. The lowest BCUT2D eigenvalue weighted by Gasteiger charge is -2.19. The fraction of sp³-hybridized carbons (Fsp3) is 0.615. The van der Waals surface area contributed by atoms with Gasteiger partial charge in [0.15, 0.2) is 10.8 Å². The van der Waals surface area contributed by atoms with E-state index in [2.05, 4.69) is 11.9 Å². The molecule has 1 unspecified atom stereocenters. The number of aromatic nitrogens is 2. The number of sulfone groups is 1. The molecule has 21 heavy (non-hydrogen) atoms. The van der Waals surface area contributed by atoms with Crippen LogP contribution in [-0.2, 0) is 16.3 Å². The zero-order chi connectivity index (χ0) is 15.6. The zero-order valence-electron chi connectivity index (χ0n) is 12.6. The quantitative estimate of drug-likeness (QED) is 0.824. The molecule has 0 aliphatic rings. The SMILES string of the molecule is CCC(N)Cc1c(N(C)CCS(C)(=O)=O)nc2sccn12. The van der Waals surface area contributed by atoms with Crippen molar-refractivity contribution in [1.29, 1.82) is 0 Å². The topological polar surface area (TPSA) is 80.7 Å². The molecule has 2 aromatic heterocycles. The second-order valence-electron chi connectivity index (χ2n) is 5.36. The molecule has 0 amide bonds. The summed E-state index contributed by atoms with van der Waals surface area (Å²) in [6.45, 7) is 2.49. The maximum absolute atomic E-state index is 11.3. The van der Waals surface area contributed by atoms with Gasteiger partial charge in [0.1, 0.15) is 9.84 Å². The second kappa shape index (κ2) is 6.33. The largest absolute Gasteiger partial charge is 0.357 e. The van der Waals surface area contributed by atoms with Gasteiger partial charge in [-0.3, -0.25) is 4.40 Å². The first kappa shape index (κ1) is 16.3. The van der Waals surface area contributed by atoms with E-state index in [0.717, 1.165) is 29.3 Å². The summed E-state index contributed by atoms with van der Waals surface area (Å²) >= 11 is 1.56. The smallest absolute Gasteiger partial charge is 0.195 e. The Balaban J connectivity index is 2.29. The van der Waals surface area contributed by atoms with Crippen LogP contribution in [0, 0.1) is 0 Å².